The molecule has 1 aromatic heterocycles. The number of imidazole rings is 1. The van der Waals surface area contributed by atoms with Gasteiger partial charge in [0.2, 0.25) is 0 Å². The van der Waals surface area contributed by atoms with Crippen LogP contribution in [0, 0.1) is 0 Å². The lowest BCUT2D eigenvalue weighted by molar-refractivity contribution is 0.634. The summed E-state index contributed by atoms with van der Waals surface area (Å²) in [6.45, 7) is 0. The number of aryl methyl sites for hydroxylation is 1. The topological polar surface area (TPSA) is 17.8 Å². The number of rotatable bonds is 1. The Labute approximate surface area is 96.7 Å². The molecule has 0 spiro atoms. The Hall–Kier alpha value is -1.31. The average molecular weight is 214 g/mol. The summed E-state index contributed by atoms with van der Waals surface area (Å²) in [6.07, 6.45) is 14.9. The summed E-state index contributed by atoms with van der Waals surface area (Å²) in [5.74, 6) is 1.74. The summed E-state index contributed by atoms with van der Waals surface area (Å²) in [5.41, 5.74) is 2.83. The van der Waals surface area contributed by atoms with Gasteiger partial charge in [-0.05, 0) is 32.1 Å². The molecule has 84 valence electrons. The standard InChI is InChI=1S/C14H18N2/c1-16-13-10-6-5-9-12(13)15-14(16)11-7-3-2-4-8-11/h2-4,7,11H,5-6,8-10H2,1H3. The van der Waals surface area contributed by atoms with Crippen LogP contribution in [0.15, 0.2) is 24.3 Å². The van der Waals surface area contributed by atoms with E-state index in [-0.39, 0.29) is 0 Å². The van der Waals surface area contributed by atoms with E-state index in [4.69, 9.17) is 4.98 Å². The molecule has 0 saturated heterocycles. The number of hydrogen-bond donors (Lipinski definition) is 0. The van der Waals surface area contributed by atoms with Crippen LogP contribution < -0.4 is 0 Å². The Morgan fingerprint density at radius 3 is 2.88 bits per heavy atom. The molecule has 2 aliphatic rings. The summed E-state index contributed by atoms with van der Waals surface area (Å²) in [6, 6.07) is 0. The third-order valence-electron chi connectivity index (χ3n) is 3.72. The van der Waals surface area contributed by atoms with Crippen LogP contribution in [0.5, 0.6) is 0 Å². The highest BCUT2D eigenvalue weighted by molar-refractivity contribution is 5.26. The molecule has 0 aromatic carbocycles. The maximum absolute atomic E-state index is 4.85. The monoisotopic (exact) mass is 214 g/mol. The largest absolute Gasteiger partial charge is 0.334 e. The van der Waals surface area contributed by atoms with Crippen molar-refractivity contribution in [3.63, 3.8) is 0 Å². The molecule has 0 amide bonds. The van der Waals surface area contributed by atoms with Gasteiger partial charge in [0, 0.05) is 18.7 Å². The molecule has 0 fully saturated rings. The maximum atomic E-state index is 4.85. The second-order valence-corrected chi connectivity index (χ2v) is 4.78. The van der Waals surface area contributed by atoms with Crippen molar-refractivity contribution < 1.29 is 0 Å². The average Bonchev–Trinajstić information content (AvgIpc) is 2.69. The predicted molar refractivity (Wildman–Crippen MR) is 65.5 cm³/mol. The summed E-state index contributed by atoms with van der Waals surface area (Å²) < 4.78 is 2.34. The molecule has 2 nitrogen and oxygen atoms in total. The van der Waals surface area contributed by atoms with E-state index in [2.05, 4.69) is 35.9 Å². The molecule has 1 atom stereocenters. The minimum Gasteiger partial charge on any atom is -0.334 e. The summed E-state index contributed by atoms with van der Waals surface area (Å²) in [7, 11) is 2.18. The fourth-order valence-electron chi connectivity index (χ4n) is 2.81. The first-order valence-electron chi connectivity index (χ1n) is 6.24. The molecule has 1 aromatic rings. The molecule has 0 N–H and O–H groups in total. The second-order valence-electron chi connectivity index (χ2n) is 4.78. The van der Waals surface area contributed by atoms with Crippen LogP contribution in [-0.2, 0) is 19.9 Å². The van der Waals surface area contributed by atoms with Gasteiger partial charge in [-0.3, -0.25) is 0 Å². The van der Waals surface area contributed by atoms with Crippen LogP contribution in [0.25, 0.3) is 0 Å². The van der Waals surface area contributed by atoms with E-state index in [1.54, 1.807) is 0 Å². The quantitative estimate of drug-likeness (QED) is 0.703. The Kier molecular flexibility index (Phi) is 2.43. The molecule has 0 saturated carbocycles. The van der Waals surface area contributed by atoms with Gasteiger partial charge in [-0.2, -0.15) is 0 Å². The second kappa shape index (κ2) is 3.93. The molecule has 2 heteroatoms. The van der Waals surface area contributed by atoms with Crippen molar-refractivity contribution >= 4 is 0 Å². The fraction of sp³-hybridized carbons (Fsp3) is 0.500. The highest BCUT2D eigenvalue weighted by Crippen LogP contribution is 2.28. The van der Waals surface area contributed by atoms with Crippen molar-refractivity contribution in [3.8, 4) is 0 Å². The lowest BCUT2D eigenvalue weighted by atomic mass is 10.0. The van der Waals surface area contributed by atoms with Crippen molar-refractivity contribution in [2.75, 3.05) is 0 Å². The normalized spacial score (nSPS) is 23.4. The Morgan fingerprint density at radius 2 is 2.12 bits per heavy atom. The van der Waals surface area contributed by atoms with Crippen molar-refractivity contribution in [1.29, 1.82) is 0 Å². The zero-order valence-corrected chi connectivity index (χ0v) is 9.82. The lowest BCUT2D eigenvalue weighted by Gasteiger charge is -2.14. The molecular weight excluding hydrogens is 196 g/mol. The van der Waals surface area contributed by atoms with E-state index < -0.39 is 0 Å². The van der Waals surface area contributed by atoms with Gasteiger partial charge >= 0.3 is 0 Å². The van der Waals surface area contributed by atoms with Gasteiger partial charge in [0.1, 0.15) is 5.82 Å². The number of aromatic nitrogens is 2. The van der Waals surface area contributed by atoms with Gasteiger partial charge in [0.05, 0.1) is 5.69 Å². The number of fused-ring (bicyclic) bond motifs is 1. The van der Waals surface area contributed by atoms with Crippen LogP contribution >= 0.6 is 0 Å². The Morgan fingerprint density at radius 1 is 1.25 bits per heavy atom. The van der Waals surface area contributed by atoms with Crippen molar-refractivity contribution in [2.45, 2.75) is 38.0 Å². The van der Waals surface area contributed by atoms with Crippen LogP contribution in [0.2, 0.25) is 0 Å². The van der Waals surface area contributed by atoms with E-state index in [9.17, 15) is 0 Å². The first-order chi connectivity index (χ1) is 7.86. The van der Waals surface area contributed by atoms with Gasteiger partial charge in [-0.15, -0.1) is 0 Å². The van der Waals surface area contributed by atoms with Gasteiger partial charge in [-0.25, -0.2) is 4.98 Å². The molecule has 1 unspecified atom stereocenters. The molecule has 1 heterocycles. The molecular formula is C14H18N2. The van der Waals surface area contributed by atoms with E-state index in [1.165, 1.54) is 42.9 Å². The van der Waals surface area contributed by atoms with E-state index in [0.717, 1.165) is 6.42 Å². The molecule has 16 heavy (non-hydrogen) atoms. The fourth-order valence-corrected chi connectivity index (χ4v) is 2.81. The SMILES string of the molecule is Cn1c(C2C=CC=CC2)nc2c1CCCC2. The first-order valence-corrected chi connectivity index (χ1v) is 6.24. The van der Waals surface area contributed by atoms with Crippen molar-refractivity contribution in [2.24, 2.45) is 7.05 Å². The minimum atomic E-state index is 0.487. The summed E-state index contributed by atoms with van der Waals surface area (Å²) in [5, 5.41) is 0. The maximum Gasteiger partial charge on any atom is 0.116 e. The molecule has 0 bridgehead atoms. The summed E-state index contributed by atoms with van der Waals surface area (Å²) >= 11 is 0. The molecule has 0 radical (unpaired) electrons. The zero-order chi connectivity index (χ0) is 11.0. The van der Waals surface area contributed by atoms with Crippen LogP contribution in [-0.4, -0.2) is 9.55 Å². The zero-order valence-electron chi connectivity index (χ0n) is 9.82. The molecule has 2 aliphatic carbocycles. The smallest absolute Gasteiger partial charge is 0.116 e. The van der Waals surface area contributed by atoms with Crippen LogP contribution in [0.4, 0.5) is 0 Å². The predicted octanol–water partition coefficient (Wildman–Crippen LogP) is 2.90. The number of nitrogens with zero attached hydrogens (tertiary/aromatic N) is 2. The highest BCUT2D eigenvalue weighted by Gasteiger charge is 2.21. The van der Waals surface area contributed by atoms with Gasteiger partial charge in [-0.1, -0.05) is 24.3 Å². The van der Waals surface area contributed by atoms with Crippen LogP contribution in [0.3, 0.4) is 0 Å². The third-order valence-corrected chi connectivity index (χ3v) is 3.72. The lowest BCUT2D eigenvalue weighted by Crippen LogP contribution is -2.08. The summed E-state index contributed by atoms with van der Waals surface area (Å²) in [4.78, 5) is 4.85. The molecule has 0 aliphatic heterocycles. The number of allylic oxidation sites excluding steroid dienone is 4. The number of hydrogen-bond acceptors (Lipinski definition) is 1. The third kappa shape index (κ3) is 1.53. The van der Waals surface area contributed by atoms with Crippen molar-refractivity contribution in [1.82, 2.24) is 9.55 Å². The van der Waals surface area contributed by atoms with E-state index in [0.29, 0.717) is 5.92 Å². The highest BCUT2D eigenvalue weighted by atomic mass is 15.1. The Balaban J connectivity index is 1.98. The van der Waals surface area contributed by atoms with Crippen LogP contribution in [0.1, 0.15) is 42.4 Å². The van der Waals surface area contributed by atoms with Gasteiger partial charge in [0.25, 0.3) is 0 Å². The minimum absolute atomic E-state index is 0.487. The van der Waals surface area contributed by atoms with Gasteiger partial charge < -0.3 is 4.57 Å². The molecule has 3 rings (SSSR count). The van der Waals surface area contributed by atoms with E-state index in [1.807, 2.05) is 0 Å². The van der Waals surface area contributed by atoms with E-state index >= 15 is 0 Å². The van der Waals surface area contributed by atoms with Crippen molar-refractivity contribution in [3.05, 3.63) is 41.5 Å². The Bertz CT molecular complexity index is 452. The van der Waals surface area contributed by atoms with Gasteiger partial charge in [0.15, 0.2) is 0 Å². The first kappa shape index (κ1) is 9.88.